The molecule has 3 N–H and O–H groups in total. The Hall–Kier alpha value is -1.26. The van der Waals surface area contributed by atoms with Gasteiger partial charge in [0, 0.05) is 24.5 Å². The number of anilines is 2. The van der Waals surface area contributed by atoms with Gasteiger partial charge in [-0.15, -0.1) is 0 Å². The molecule has 1 aromatic carbocycles. The minimum absolute atomic E-state index is 0.0429. The van der Waals surface area contributed by atoms with Crippen LogP contribution in [0.25, 0.3) is 0 Å². The van der Waals surface area contributed by atoms with Crippen LogP contribution in [0.5, 0.6) is 0 Å². The number of nitrogens with two attached hydrogens (primary N) is 1. The van der Waals surface area contributed by atoms with E-state index >= 15 is 0 Å². The average Bonchev–Trinajstić information content (AvgIpc) is 2.30. The predicted molar refractivity (Wildman–Crippen MR) is 73.8 cm³/mol. The van der Waals surface area contributed by atoms with Crippen LogP contribution >= 0.6 is 0 Å². The Labute approximate surface area is 108 Å². The number of ether oxygens (including phenoxy) is 1. The number of nitrogens with zero attached hydrogens (tertiary/aromatic N) is 1. The highest BCUT2D eigenvalue weighted by Gasteiger charge is 2.33. The first-order valence-corrected chi connectivity index (χ1v) is 6.31. The monoisotopic (exact) mass is 250 g/mol. The zero-order chi connectivity index (χ0) is 13.3. The third-order valence-electron chi connectivity index (χ3n) is 3.26. The molecule has 0 radical (unpaired) electrons. The number of rotatable bonds is 2. The van der Waals surface area contributed by atoms with Gasteiger partial charge in [0.15, 0.2) is 0 Å². The van der Waals surface area contributed by atoms with Crippen molar-refractivity contribution >= 4 is 11.4 Å². The number of hydrogen-bond donors (Lipinski definition) is 2. The summed E-state index contributed by atoms with van der Waals surface area (Å²) in [5.74, 6) is 0. The molecule has 1 aliphatic heterocycles. The van der Waals surface area contributed by atoms with E-state index in [9.17, 15) is 5.11 Å². The largest absolute Gasteiger partial charge is 0.399 e. The fraction of sp³-hybridized carbons (Fsp3) is 0.571. The van der Waals surface area contributed by atoms with Gasteiger partial charge in [-0.2, -0.15) is 0 Å². The highest BCUT2D eigenvalue weighted by atomic mass is 16.5. The molecule has 1 unspecified atom stereocenters. The van der Waals surface area contributed by atoms with E-state index in [1.165, 1.54) is 5.56 Å². The summed E-state index contributed by atoms with van der Waals surface area (Å²) in [5.41, 5.74) is 8.69. The van der Waals surface area contributed by atoms with Crippen LogP contribution in [-0.2, 0) is 4.74 Å². The van der Waals surface area contributed by atoms with Crippen molar-refractivity contribution in [3.8, 4) is 0 Å². The number of benzene rings is 1. The topological polar surface area (TPSA) is 58.7 Å². The molecule has 4 heteroatoms. The molecule has 0 saturated carbocycles. The van der Waals surface area contributed by atoms with Crippen LogP contribution in [0.2, 0.25) is 0 Å². The van der Waals surface area contributed by atoms with Crippen molar-refractivity contribution in [3.63, 3.8) is 0 Å². The van der Waals surface area contributed by atoms with Crippen molar-refractivity contribution < 1.29 is 9.84 Å². The molecule has 0 amide bonds. The fourth-order valence-corrected chi connectivity index (χ4v) is 2.54. The zero-order valence-electron chi connectivity index (χ0n) is 11.3. The Balaban J connectivity index is 2.29. The first kappa shape index (κ1) is 13.2. The summed E-state index contributed by atoms with van der Waals surface area (Å²) in [6, 6.07) is 5.93. The molecular weight excluding hydrogens is 228 g/mol. The molecule has 1 aliphatic rings. The Morgan fingerprint density at radius 2 is 2.22 bits per heavy atom. The van der Waals surface area contributed by atoms with Gasteiger partial charge in [-0.25, -0.2) is 0 Å². The molecule has 0 aromatic heterocycles. The lowest BCUT2D eigenvalue weighted by Gasteiger charge is -2.44. The molecule has 1 aromatic rings. The van der Waals surface area contributed by atoms with Crippen LogP contribution in [0, 0.1) is 6.92 Å². The second-order valence-electron chi connectivity index (χ2n) is 5.61. The third-order valence-corrected chi connectivity index (χ3v) is 3.26. The van der Waals surface area contributed by atoms with E-state index in [4.69, 9.17) is 10.5 Å². The van der Waals surface area contributed by atoms with E-state index in [1.807, 2.05) is 32.0 Å². The van der Waals surface area contributed by atoms with E-state index in [0.29, 0.717) is 6.54 Å². The van der Waals surface area contributed by atoms with E-state index < -0.39 is 0 Å². The minimum Gasteiger partial charge on any atom is -0.399 e. The summed E-state index contributed by atoms with van der Waals surface area (Å²) in [4.78, 5) is 2.25. The molecule has 1 saturated heterocycles. The van der Waals surface area contributed by atoms with Crippen LogP contribution in [0.1, 0.15) is 19.4 Å². The first-order valence-electron chi connectivity index (χ1n) is 6.31. The van der Waals surface area contributed by atoms with E-state index in [-0.39, 0.29) is 18.3 Å². The number of aryl methyl sites for hydroxylation is 1. The molecule has 18 heavy (non-hydrogen) atoms. The molecule has 1 fully saturated rings. The molecule has 4 nitrogen and oxygen atoms in total. The van der Waals surface area contributed by atoms with Gasteiger partial charge in [-0.1, -0.05) is 6.07 Å². The van der Waals surface area contributed by atoms with Crippen LogP contribution < -0.4 is 10.6 Å². The molecule has 2 rings (SSSR count). The van der Waals surface area contributed by atoms with Crippen molar-refractivity contribution in [3.05, 3.63) is 23.8 Å². The summed E-state index contributed by atoms with van der Waals surface area (Å²) in [7, 11) is 0. The van der Waals surface area contributed by atoms with Gasteiger partial charge in [-0.05, 0) is 38.5 Å². The normalized spacial score (nSPS) is 23.1. The number of aliphatic hydroxyl groups excluding tert-OH is 1. The van der Waals surface area contributed by atoms with E-state index in [2.05, 4.69) is 11.8 Å². The quantitative estimate of drug-likeness (QED) is 0.782. The first-order chi connectivity index (χ1) is 8.41. The van der Waals surface area contributed by atoms with Crippen LogP contribution in [-0.4, -0.2) is 36.5 Å². The summed E-state index contributed by atoms with van der Waals surface area (Å²) in [6.45, 7) is 7.71. The van der Waals surface area contributed by atoms with Gasteiger partial charge in [0.05, 0.1) is 18.3 Å². The van der Waals surface area contributed by atoms with Gasteiger partial charge in [0.2, 0.25) is 0 Å². The second kappa shape index (κ2) is 4.78. The van der Waals surface area contributed by atoms with Crippen LogP contribution in [0.15, 0.2) is 18.2 Å². The van der Waals surface area contributed by atoms with Gasteiger partial charge >= 0.3 is 0 Å². The minimum atomic E-state index is -0.261. The Morgan fingerprint density at radius 3 is 2.89 bits per heavy atom. The lowest BCUT2D eigenvalue weighted by molar-refractivity contribution is -0.101. The Kier molecular flexibility index (Phi) is 3.50. The second-order valence-corrected chi connectivity index (χ2v) is 5.61. The third kappa shape index (κ3) is 2.76. The highest BCUT2D eigenvalue weighted by molar-refractivity contribution is 5.61. The van der Waals surface area contributed by atoms with Crippen molar-refractivity contribution in [1.82, 2.24) is 0 Å². The number of hydrogen-bond acceptors (Lipinski definition) is 4. The summed E-state index contributed by atoms with van der Waals surface area (Å²) in [5, 5.41) is 9.34. The van der Waals surface area contributed by atoms with Crippen molar-refractivity contribution in [2.75, 3.05) is 30.3 Å². The SMILES string of the molecule is Cc1ccc(N)cc1N1CC(CO)OC(C)(C)C1. The van der Waals surface area contributed by atoms with Crippen molar-refractivity contribution in [2.24, 2.45) is 0 Å². The number of aliphatic hydroxyl groups is 1. The summed E-state index contributed by atoms with van der Waals surface area (Å²) < 4.78 is 5.82. The highest BCUT2D eigenvalue weighted by Crippen LogP contribution is 2.29. The molecule has 100 valence electrons. The molecule has 1 atom stereocenters. The lowest BCUT2D eigenvalue weighted by atomic mass is 10.0. The van der Waals surface area contributed by atoms with E-state index in [0.717, 1.165) is 17.9 Å². The summed E-state index contributed by atoms with van der Waals surface area (Å²) in [6.07, 6.45) is -0.144. The zero-order valence-corrected chi connectivity index (χ0v) is 11.3. The Bertz CT molecular complexity index is 432. The number of nitrogen functional groups attached to an aromatic ring is 1. The molecule has 0 bridgehead atoms. The maximum atomic E-state index is 9.34. The average molecular weight is 250 g/mol. The fourth-order valence-electron chi connectivity index (χ4n) is 2.54. The molecule has 1 heterocycles. The molecular formula is C14H22N2O2. The van der Waals surface area contributed by atoms with Gasteiger partial charge in [0.25, 0.3) is 0 Å². The maximum absolute atomic E-state index is 9.34. The summed E-state index contributed by atoms with van der Waals surface area (Å²) >= 11 is 0. The van der Waals surface area contributed by atoms with Crippen LogP contribution in [0.4, 0.5) is 11.4 Å². The lowest BCUT2D eigenvalue weighted by Crippen LogP contribution is -2.54. The van der Waals surface area contributed by atoms with Crippen LogP contribution in [0.3, 0.4) is 0 Å². The van der Waals surface area contributed by atoms with E-state index in [1.54, 1.807) is 0 Å². The Morgan fingerprint density at radius 1 is 1.50 bits per heavy atom. The van der Waals surface area contributed by atoms with Gasteiger partial charge in [-0.3, -0.25) is 0 Å². The number of morpholine rings is 1. The molecule has 0 aliphatic carbocycles. The van der Waals surface area contributed by atoms with Gasteiger partial charge in [0.1, 0.15) is 0 Å². The molecule has 0 spiro atoms. The predicted octanol–water partition coefficient (Wildman–Crippen LogP) is 1.55. The standard InChI is InChI=1S/C14H22N2O2/c1-10-4-5-11(15)6-13(10)16-7-12(8-17)18-14(2,3)9-16/h4-6,12,17H,7-9,15H2,1-3H3. The smallest absolute Gasteiger partial charge is 0.0988 e. The van der Waals surface area contributed by atoms with Crippen molar-refractivity contribution in [2.45, 2.75) is 32.5 Å². The maximum Gasteiger partial charge on any atom is 0.0988 e. The van der Waals surface area contributed by atoms with Gasteiger partial charge < -0.3 is 20.5 Å². The van der Waals surface area contributed by atoms with Crippen molar-refractivity contribution in [1.29, 1.82) is 0 Å².